The summed E-state index contributed by atoms with van der Waals surface area (Å²) in [5, 5.41) is 7.07. The largest absolute Gasteiger partial charge is 0.385 e. The molecule has 96 valence electrons. The average Bonchev–Trinajstić information content (AvgIpc) is 2.62. The molecule has 3 nitrogen and oxygen atoms in total. The number of aryl methyl sites for hydroxylation is 2. The quantitative estimate of drug-likeness (QED) is 0.615. The van der Waals surface area contributed by atoms with E-state index in [0.717, 1.165) is 26.1 Å². The molecule has 0 unspecified atom stereocenters. The molecule has 5 heteroatoms. The molecule has 0 saturated heterocycles. The normalized spacial score (nSPS) is 10.3. The van der Waals surface area contributed by atoms with Gasteiger partial charge in [0.25, 0.3) is 0 Å². The van der Waals surface area contributed by atoms with Gasteiger partial charge in [0.1, 0.15) is 0 Å². The van der Waals surface area contributed by atoms with E-state index >= 15 is 0 Å². The molecule has 1 aromatic rings. The van der Waals surface area contributed by atoms with Gasteiger partial charge in [0.2, 0.25) is 0 Å². The van der Waals surface area contributed by atoms with Crippen LogP contribution < -0.4 is 10.6 Å². The van der Waals surface area contributed by atoms with Crippen LogP contribution in [0.2, 0.25) is 0 Å². The Morgan fingerprint density at radius 3 is 2.76 bits per heavy atom. The van der Waals surface area contributed by atoms with Gasteiger partial charge in [0.15, 0.2) is 5.11 Å². The Labute approximate surface area is 113 Å². The first-order valence-electron chi connectivity index (χ1n) is 5.70. The molecule has 0 spiro atoms. The number of thiocarbonyl (C=S) groups is 1. The zero-order valence-corrected chi connectivity index (χ0v) is 12.3. The number of ether oxygens (including phenoxy) is 1. The summed E-state index contributed by atoms with van der Waals surface area (Å²) >= 11 is 7.00. The van der Waals surface area contributed by atoms with E-state index in [1.807, 2.05) is 11.3 Å². The third-order valence-electron chi connectivity index (χ3n) is 2.45. The summed E-state index contributed by atoms with van der Waals surface area (Å²) in [6, 6.07) is 2.21. The first kappa shape index (κ1) is 14.4. The Bertz CT molecular complexity index is 344. The Morgan fingerprint density at radius 2 is 2.18 bits per heavy atom. The second kappa shape index (κ2) is 7.63. The molecule has 17 heavy (non-hydrogen) atoms. The first-order chi connectivity index (χ1) is 8.13. The monoisotopic (exact) mass is 272 g/mol. The van der Waals surface area contributed by atoms with E-state index in [1.165, 1.54) is 15.3 Å². The topological polar surface area (TPSA) is 33.3 Å². The lowest BCUT2D eigenvalue weighted by molar-refractivity contribution is 0.195. The highest BCUT2D eigenvalue weighted by atomic mass is 32.1. The van der Waals surface area contributed by atoms with E-state index in [9.17, 15) is 0 Å². The van der Waals surface area contributed by atoms with Crippen LogP contribution >= 0.6 is 23.6 Å². The molecule has 0 bridgehead atoms. The van der Waals surface area contributed by atoms with E-state index in [2.05, 4.69) is 30.5 Å². The lowest BCUT2D eigenvalue weighted by atomic mass is 10.3. The lowest BCUT2D eigenvalue weighted by Gasteiger charge is -2.09. The summed E-state index contributed by atoms with van der Waals surface area (Å²) in [7, 11) is 1.71. The zero-order valence-electron chi connectivity index (χ0n) is 10.6. The Kier molecular flexibility index (Phi) is 6.47. The smallest absolute Gasteiger partial charge is 0.166 e. The molecule has 0 aliphatic rings. The molecule has 0 amide bonds. The first-order valence-corrected chi connectivity index (χ1v) is 6.92. The maximum atomic E-state index is 5.18. The van der Waals surface area contributed by atoms with Gasteiger partial charge in [0.05, 0.1) is 6.54 Å². The van der Waals surface area contributed by atoms with Gasteiger partial charge in [-0.1, -0.05) is 0 Å². The average molecular weight is 272 g/mol. The summed E-state index contributed by atoms with van der Waals surface area (Å²) in [6.45, 7) is 6.69. The molecular formula is C12H20N2OS2. The van der Waals surface area contributed by atoms with Crippen molar-refractivity contribution in [1.82, 2.24) is 10.6 Å². The summed E-state index contributed by atoms with van der Waals surface area (Å²) in [6.07, 6.45) is 0.968. The fraction of sp³-hybridized carbons (Fsp3) is 0.583. The number of hydrogen-bond donors (Lipinski definition) is 2. The van der Waals surface area contributed by atoms with Crippen LogP contribution in [-0.4, -0.2) is 25.4 Å². The van der Waals surface area contributed by atoms with Crippen molar-refractivity contribution in [2.24, 2.45) is 0 Å². The number of thiophene rings is 1. The Balaban J connectivity index is 2.19. The van der Waals surface area contributed by atoms with Gasteiger partial charge in [-0.3, -0.25) is 0 Å². The maximum absolute atomic E-state index is 5.18. The van der Waals surface area contributed by atoms with Crippen LogP contribution in [0.3, 0.4) is 0 Å². The van der Waals surface area contributed by atoms with Crippen molar-refractivity contribution in [2.45, 2.75) is 26.8 Å². The molecule has 1 rings (SSSR count). The molecule has 0 aliphatic carbocycles. The number of hydrogen-bond acceptors (Lipinski definition) is 3. The maximum Gasteiger partial charge on any atom is 0.166 e. The van der Waals surface area contributed by atoms with Gasteiger partial charge in [0, 0.05) is 30.0 Å². The highest BCUT2D eigenvalue weighted by Gasteiger charge is 2.02. The Morgan fingerprint density at radius 1 is 1.41 bits per heavy atom. The molecule has 0 radical (unpaired) electrons. The number of rotatable bonds is 6. The van der Waals surface area contributed by atoms with Crippen LogP contribution in [0.4, 0.5) is 0 Å². The molecule has 1 heterocycles. The van der Waals surface area contributed by atoms with Gasteiger partial charge in [-0.25, -0.2) is 0 Å². The van der Waals surface area contributed by atoms with Crippen LogP contribution in [-0.2, 0) is 11.3 Å². The van der Waals surface area contributed by atoms with Crippen LogP contribution in [0, 0.1) is 13.8 Å². The summed E-state index contributed by atoms with van der Waals surface area (Å²) in [5.74, 6) is 0. The van der Waals surface area contributed by atoms with Gasteiger partial charge in [-0.05, 0) is 44.1 Å². The highest BCUT2D eigenvalue weighted by Crippen LogP contribution is 2.20. The van der Waals surface area contributed by atoms with Crippen molar-refractivity contribution in [3.8, 4) is 0 Å². The van der Waals surface area contributed by atoms with E-state index < -0.39 is 0 Å². The third kappa shape index (κ3) is 5.48. The van der Waals surface area contributed by atoms with Crippen LogP contribution in [0.5, 0.6) is 0 Å². The van der Waals surface area contributed by atoms with Crippen molar-refractivity contribution >= 4 is 28.7 Å². The van der Waals surface area contributed by atoms with Crippen molar-refractivity contribution in [3.63, 3.8) is 0 Å². The highest BCUT2D eigenvalue weighted by molar-refractivity contribution is 7.80. The molecular weight excluding hydrogens is 252 g/mol. The summed E-state index contributed by atoms with van der Waals surface area (Å²) < 4.78 is 4.97. The molecule has 0 aliphatic heterocycles. The van der Waals surface area contributed by atoms with Crippen molar-refractivity contribution < 1.29 is 4.74 Å². The SMILES string of the molecule is COCCCNC(=S)NCc1cc(C)c(C)s1. The number of nitrogens with one attached hydrogen (secondary N) is 2. The summed E-state index contributed by atoms with van der Waals surface area (Å²) in [4.78, 5) is 2.70. The molecule has 1 aromatic heterocycles. The molecule has 0 fully saturated rings. The fourth-order valence-corrected chi connectivity index (χ4v) is 2.55. The molecule has 0 saturated carbocycles. The van der Waals surface area contributed by atoms with Gasteiger partial charge in [-0.15, -0.1) is 11.3 Å². The van der Waals surface area contributed by atoms with Gasteiger partial charge < -0.3 is 15.4 Å². The molecule has 2 N–H and O–H groups in total. The van der Waals surface area contributed by atoms with E-state index in [4.69, 9.17) is 17.0 Å². The van der Waals surface area contributed by atoms with E-state index in [1.54, 1.807) is 7.11 Å². The second-order valence-electron chi connectivity index (χ2n) is 3.91. The van der Waals surface area contributed by atoms with Crippen molar-refractivity contribution in [3.05, 3.63) is 21.4 Å². The van der Waals surface area contributed by atoms with E-state index in [0.29, 0.717) is 5.11 Å². The predicted octanol–water partition coefficient (Wildman–Crippen LogP) is 2.37. The van der Waals surface area contributed by atoms with Gasteiger partial charge >= 0.3 is 0 Å². The second-order valence-corrected chi connectivity index (χ2v) is 5.66. The molecule has 0 atom stereocenters. The summed E-state index contributed by atoms with van der Waals surface area (Å²) in [5.41, 5.74) is 1.35. The minimum Gasteiger partial charge on any atom is -0.385 e. The van der Waals surface area contributed by atoms with Crippen LogP contribution in [0.1, 0.15) is 21.7 Å². The van der Waals surface area contributed by atoms with Crippen LogP contribution in [0.15, 0.2) is 6.07 Å². The van der Waals surface area contributed by atoms with Gasteiger partial charge in [-0.2, -0.15) is 0 Å². The fourth-order valence-electron chi connectivity index (χ4n) is 1.39. The molecule has 0 aromatic carbocycles. The minimum atomic E-state index is 0.713. The number of methoxy groups -OCH3 is 1. The third-order valence-corrected chi connectivity index (χ3v) is 3.89. The van der Waals surface area contributed by atoms with Crippen molar-refractivity contribution in [1.29, 1.82) is 0 Å². The standard InChI is InChI=1S/C12H20N2OS2/c1-9-7-11(17-10(9)2)8-14-12(16)13-5-4-6-15-3/h7H,4-6,8H2,1-3H3,(H2,13,14,16). The lowest BCUT2D eigenvalue weighted by Crippen LogP contribution is -2.35. The zero-order chi connectivity index (χ0) is 12.7. The van der Waals surface area contributed by atoms with Crippen molar-refractivity contribution in [2.75, 3.05) is 20.3 Å². The minimum absolute atomic E-state index is 0.713. The van der Waals surface area contributed by atoms with Crippen LogP contribution in [0.25, 0.3) is 0 Å². The van der Waals surface area contributed by atoms with E-state index in [-0.39, 0.29) is 0 Å². The predicted molar refractivity (Wildman–Crippen MR) is 77.7 cm³/mol. The Hall–Kier alpha value is -0.650.